The minimum Gasteiger partial charge on any atom is -0.507 e. The lowest BCUT2D eigenvalue weighted by atomic mass is 9.93. The second kappa shape index (κ2) is 5.41. The van der Waals surface area contributed by atoms with Gasteiger partial charge in [-0.05, 0) is 40.5 Å². The van der Waals surface area contributed by atoms with Gasteiger partial charge in [-0.1, -0.05) is 49.4 Å². The van der Waals surface area contributed by atoms with Crippen LogP contribution in [0.15, 0.2) is 54.6 Å². The zero-order valence-electron chi connectivity index (χ0n) is 11.8. The summed E-state index contributed by atoms with van der Waals surface area (Å²) in [7, 11) is 0. The summed E-state index contributed by atoms with van der Waals surface area (Å²) < 4.78 is 0. The molecule has 21 heavy (non-hydrogen) atoms. The molecule has 0 aliphatic rings. The first kappa shape index (κ1) is 13.4. The summed E-state index contributed by atoms with van der Waals surface area (Å²) in [5.74, 6) is 0.200. The highest BCUT2D eigenvalue weighted by atomic mass is 16.3. The monoisotopic (exact) mass is 276 g/mol. The van der Waals surface area contributed by atoms with Gasteiger partial charge in [0.05, 0.1) is 0 Å². The summed E-state index contributed by atoms with van der Waals surface area (Å²) >= 11 is 0. The van der Waals surface area contributed by atoms with Crippen LogP contribution in [-0.4, -0.2) is 11.4 Å². The Balaban J connectivity index is 2.32. The Kier molecular flexibility index (Phi) is 3.44. The molecule has 3 rings (SSSR count). The number of hydrogen-bond donors (Lipinski definition) is 1. The van der Waals surface area contributed by atoms with E-state index < -0.39 is 0 Å². The lowest BCUT2D eigenvalue weighted by Gasteiger charge is -2.11. The number of aldehydes is 1. The molecular formula is C19H16O2. The topological polar surface area (TPSA) is 37.3 Å². The molecule has 0 saturated carbocycles. The van der Waals surface area contributed by atoms with Crippen molar-refractivity contribution in [2.75, 3.05) is 0 Å². The molecule has 3 aromatic rings. The minimum atomic E-state index is 0.200. The van der Waals surface area contributed by atoms with Gasteiger partial charge < -0.3 is 5.11 Å². The van der Waals surface area contributed by atoms with E-state index in [4.69, 9.17) is 0 Å². The molecule has 0 spiro atoms. The molecule has 3 aromatic carbocycles. The van der Waals surface area contributed by atoms with Crippen molar-refractivity contribution in [3.05, 3.63) is 65.7 Å². The van der Waals surface area contributed by atoms with Crippen molar-refractivity contribution in [2.24, 2.45) is 0 Å². The van der Waals surface area contributed by atoms with Crippen LogP contribution in [-0.2, 0) is 6.42 Å². The van der Waals surface area contributed by atoms with Crippen LogP contribution < -0.4 is 0 Å². The van der Waals surface area contributed by atoms with Crippen LogP contribution in [0.4, 0.5) is 0 Å². The number of rotatable bonds is 3. The van der Waals surface area contributed by atoms with E-state index in [0.29, 0.717) is 11.1 Å². The predicted octanol–water partition coefficient (Wildman–Crippen LogP) is 4.59. The van der Waals surface area contributed by atoms with Gasteiger partial charge in [0.2, 0.25) is 0 Å². The number of phenolic OH excluding ortho intramolecular Hbond substituents is 1. The molecular weight excluding hydrogens is 260 g/mol. The summed E-state index contributed by atoms with van der Waals surface area (Å²) in [4.78, 5) is 11.6. The Morgan fingerprint density at radius 1 is 1.00 bits per heavy atom. The average Bonchev–Trinajstić information content (AvgIpc) is 2.54. The van der Waals surface area contributed by atoms with Crippen LogP contribution >= 0.6 is 0 Å². The van der Waals surface area contributed by atoms with Gasteiger partial charge in [0.25, 0.3) is 0 Å². The highest BCUT2D eigenvalue weighted by Crippen LogP contribution is 2.35. The maximum Gasteiger partial charge on any atom is 0.151 e. The standard InChI is InChI=1S/C19H16O2/c1-2-13-7-10-19(21)17(11-13)16-9-8-14-5-3-4-6-15(14)18(16)12-20/h3-12,21H,2H2,1H3. The third kappa shape index (κ3) is 2.29. The molecule has 0 saturated heterocycles. The Hall–Kier alpha value is -2.61. The first-order valence-corrected chi connectivity index (χ1v) is 7.03. The van der Waals surface area contributed by atoms with Gasteiger partial charge in [-0.15, -0.1) is 0 Å². The molecule has 0 aliphatic carbocycles. The number of carbonyl (C=O) groups is 1. The third-order valence-corrected chi connectivity index (χ3v) is 3.85. The predicted molar refractivity (Wildman–Crippen MR) is 85.8 cm³/mol. The van der Waals surface area contributed by atoms with Crippen LogP contribution in [0.25, 0.3) is 21.9 Å². The van der Waals surface area contributed by atoms with E-state index in [2.05, 4.69) is 6.92 Å². The summed E-state index contributed by atoms with van der Waals surface area (Å²) in [5, 5.41) is 12.1. The number of aromatic hydroxyl groups is 1. The Morgan fingerprint density at radius 2 is 1.81 bits per heavy atom. The van der Waals surface area contributed by atoms with Crippen molar-refractivity contribution in [3.8, 4) is 16.9 Å². The van der Waals surface area contributed by atoms with Crippen molar-refractivity contribution in [1.29, 1.82) is 0 Å². The van der Waals surface area contributed by atoms with E-state index in [0.717, 1.165) is 34.6 Å². The molecule has 2 heteroatoms. The van der Waals surface area contributed by atoms with Gasteiger partial charge in [0, 0.05) is 11.1 Å². The number of fused-ring (bicyclic) bond motifs is 1. The van der Waals surface area contributed by atoms with Crippen LogP contribution in [0, 0.1) is 0 Å². The SMILES string of the molecule is CCc1ccc(O)c(-c2ccc3ccccc3c2C=O)c1. The summed E-state index contributed by atoms with van der Waals surface area (Å²) in [6.45, 7) is 2.07. The van der Waals surface area contributed by atoms with Gasteiger partial charge in [0.15, 0.2) is 6.29 Å². The molecule has 0 radical (unpaired) electrons. The maximum absolute atomic E-state index is 11.6. The fourth-order valence-electron chi connectivity index (χ4n) is 2.68. The smallest absolute Gasteiger partial charge is 0.151 e. The summed E-state index contributed by atoms with van der Waals surface area (Å²) in [5.41, 5.74) is 3.24. The quantitative estimate of drug-likeness (QED) is 0.710. The van der Waals surface area contributed by atoms with E-state index in [1.54, 1.807) is 6.07 Å². The highest BCUT2D eigenvalue weighted by molar-refractivity contribution is 6.05. The Bertz CT molecular complexity index is 819. The van der Waals surface area contributed by atoms with Crippen molar-refractivity contribution in [2.45, 2.75) is 13.3 Å². The van der Waals surface area contributed by atoms with E-state index in [1.165, 1.54) is 0 Å². The number of hydrogen-bond acceptors (Lipinski definition) is 2. The molecule has 0 fully saturated rings. The van der Waals surface area contributed by atoms with Gasteiger partial charge >= 0.3 is 0 Å². The summed E-state index contributed by atoms with van der Waals surface area (Å²) in [6, 6.07) is 17.2. The van der Waals surface area contributed by atoms with Crippen molar-refractivity contribution in [3.63, 3.8) is 0 Å². The molecule has 1 N–H and O–H groups in total. The van der Waals surface area contributed by atoms with Crippen LogP contribution in [0.3, 0.4) is 0 Å². The molecule has 0 atom stereocenters. The molecule has 104 valence electrons. The molecule has 0 unspecified atom stereocenters. The molecule has 0 amide bonds. The molecule has 2 nitrogen and oxygen atoms in total. The number of carbonyl (C=O) groups excluding carboxylic acids is 1. The van der Waals surface area contributed by atoms with Crippen LogP contribution in [0.2, 0.25) is 0 Å². The highest BCUT2D eigenvalue weighted by Gasteiger charge is 2.12. The second-order valence-corrected chi connectivity index (χ2v) is 5.07. The van der Waals surface area contributed by atoms with Crippen molar-refractivity contribution in [1.82, 2.24) is 0 Å². The van der Waals surface area contributed by atoms with Crippen molar-refractivity contribution < 1.29 is 9.90 Å². The third-order valence-electron chi connectivity index (χ3n) is 3.85. The number of aryl methyl sites for hydroxylation is 1. The lowest BCUT2D eigenvalue weighted by Crippen LogP contribution is -1.92. The largest absolute Gasteiger partial charge is 0.507 e. The first-order valence-electron chi connectivity index (χ1n) is 7.03. The number of benzene rings is 3. The van der Waals surface area contributed by atoms with E-state index in [9.17, 15) is 9.90 Å². The van der Waals surface area contributed by atoms with Gasteiger partial charge in [-0.25, -0.2) is 0 Å². The average molecular weight is 276 g/mol. The normalized spacial score (nSPS) is 10.7. The van der Waals surface area contributed by atoms with Gasteiger partial charge in [-0.3, -0.25) is 4.79 Å². The first-order chi connectivity index (χ1) is 10.2. The van der Waals surface area contributed by atoms with Crippen LogP contribution in [0.5, 0.6) is 5.75 Å². The minimum absolute atomic E-state index is 0.200. The molecule has 0 aromatic heterocycles. The fraction of sp³-hybridized carbons (Fsp3) is 0.105. The van der Waals surface area contributed by atoms with Gasteiger partial charge in [-0.2, -0.15) is 0 Å². The van der Waals surface area contributed by atoms with Crippen molar-refractivity contribution >= 4 is 17.1 Å². The number of phenols is 1. The van der Waals surface area contributed by atoms with E-state index >= 15 is 0 Å². The zero-order valence-corrected chi connectivity index (χ0v) is 11.8. The maximum atomic E-state index is 11.6. The second-order valence-electron chi connectivity index (χ2n) is 5.07. The Morgan fingerprint density at radius 3 is 2.57 bits per heavy atom. The summed E-state index contributed by atoms with van der Waals surface area (Å²) in [6.07, 6.45) is 1.76. The molecule has 0 aliphatic heterocycles. The zero-order chi connectivity index (χ0) is 14.8. The lowest BCUT2D eigenvalue weighted by molar-refractivity contribution is 0.112. The molecule has 0 bridgehead atoms. The van der Waals surface area contributed by atoms with Crippen LogP contribution in [0.1, 0.15) is 22.8 Å². The molecule has 0 heterocycles. The Labute approximate surface area is 123 Å². The van der Waals surface area contributed by atoms with E-state index in [-0.39, 0.29) is 5.75 Å². The fourth-order valence-corrected chi connectivity index (χ4v) is 2.68. The van der Waals surface area contributed by atoms with E-state index in [1.807, 2.05) is 48.5 Å². The van der Waals surface area contributed by atoms with Gasteiger partial charge in [0.1, 0.15) is 5.75 Å².